The minimum atomic E-state index is -4.95. The van der Waals surface area contributed by atoms with Crippen LogP contribution in [0, 0.1) is 0 Å². The maximum atomic E-state index is 13.1. The van der Waals surface area contributed by atoms with Gasteiger partial charge in [-0.3, -0.25) is 32.5 Å². The van der Waals surface area contributed by atoms with Gasteiger partial charge >= 0.3 is 33.6 Å². The largest absolute Gasteiger partial charge is 0.472 e. The van der Waals surface area contributed by atoms with Crippen molar-refractivity contribution in [3.63, 3.8) is 0 Å². The number of unbranched alkanes of at least 4 members (excludes halogenated alkanes) is 41. The molecule has 0 amide bonds. The molecule has 119 heavy (non-hydrogen) atoms. The highest BCUT2D eigenvalue weighted by molar-refractivity contribution is 7.47. The lowest BCUT2D eigenvalue weighted by atomic mass is 10.0. The zero-order chi connectivity index (χ0) is 86.5. The number of esters is 3. The molecule has 0 aliphatic carbocycles. The van der Waals surface area contributed by atoms with Gasteiger partial charge in [0.25, 0.3) is 0 Å². The van der Waals surface area contributed by atoms with E-state index >= 15 is 0 Å². The Balaban J connectivity index is 4.65. The molecule has 4 N–H and O–H groups in total. The number of allylic oxidation sites excluding steroid dienone is 26. The van der Waals surface area contributed by atoms with Gasteiger partial charge in [0.2, 0.25) is 0 Å². The van der Waals surface area contributed by atoms with Crippen LogP contribution in [-0.4, -0.2) is 95.9 Å². The van der Waals surface area contributed by atoms with Crippen LogP contribution in [-0.2, 0) is 55.8 Å². The van der Waals surface area contributed by atoms with Gasteiger partial charge in [0.15, 0.2) is 6.10 Å². The highest BCUT2D eigenvalue weighted by Gasteiger charge is 2.30. The molecule has 5 unspecified atom stereocenters. The molecule has 0 aromatic carbocycles. The first kappa shape index (κ1) is 114. The Hall–Kier alpha value is -4.83. The number of phosphoric ester groups is 2. The lowest BCUT2D eigenvalue weighted by Gasteiger charge is -2.21. The summed E-state index contributed by atoms with van der Waals surface area (Å²) in [4.78, 5) is 59.1. The molecule has 0 spiro atoms. The Morgan fingerprint density at radius 3 is 0.706 bits per heavy atom. The van der Waals surface area contributed by atoms with Crippen molar-refractivity contribution in [1.29, 1.82) is 0 Å². The Kier molecular flexibility index (Phi) is 88.6. The topological polar surface area (TPSA) is 231 Å². The van der Waals surface area contributed by atoms with Crippen LogP contribution in [0.1, 0.15) is 406 Å². The Bertz CT molecular complexity index is 2790. The summed E-state index contributed by atoms with van der Waals surface area (Å²) in [6, 6.07) is 0. The number of aliphatic hydroxyl groups is 2. The maximum absolute atomic E-state index is 13.1. The number of carbonyl (C=O) groups excluding carboxylic acids is 3. The first-order chi connectivity index (χ1) is 58.2. The number of carbonyl (C=O) groups is 3. The van der Waals surface area contributed by atoms with Gasteiger partial charge in [-0.2, -0.15) is 0 Å². The number of aliphatic hydroxyl groups excluding tert-OH is 2. The molecule has 16 nitrogen and oxygen atoms in total. The quantitative estimate of drug-likeness (QED) is 0.0146. The van der Waals surface area contributed by atoms with Crippen LogP contribution < -0.4 is 0 Å². The van der Waals surface area contributed by atoms with E-state index in [0.29, 0.717) is 19.3 Å². The van der Waals surface area contributed by atoms with Crippen LogP contribution in [0.2, 0.25) is 0 Å². The number of hydrogen-bond donors (Lipinski definition) is 4. The van der Waals surface area contributed by atoms with Crippen LogP contribution in [0.25, 0.3) is 0 Å². The van der Waals surface area contributed by atoms with E-state index in [0.717, 1.165) is 161 Å². The SMILES string of the molecule is CC/C=C\C/C=C\C/C=C\C/C=C\C/C=C\CCCCCCCCCCCCCC(=O)OCC(COP(=O)(O)OCC(O)COP(=O)(O)OCC(O)COC(=O)CCCCCCCCCCCCCCC/C=C\C/C=C\C/C=C\C/C=C\CCCCC)OC(=O)CCCCCCCCCCCCC/C=C\C/C=C\C/C=C\C/C=C\CCCCC. The monoisotopic (exact) mass is 1710 g/mol. The third-order valence-electron chi connectivity index (χ3n) is 20.2. The van der Waals surface area contributed by atoms with Crippen molar-refractivity contribution in [2.75, 3.05) is 39.6 Å². The van der Waals surface area contributed by atoms with Gasteiger partial charge in [0, 0.05) is 19.3 Å². The molecule has 0 saturated heterocycles. The average molecular weight is 1710 g/mol. The molecule has 0 radical (unpaired) electrons. The van der Waals surface area contributed by atoms with Gasteiger partial charge < -0.3 is 34.2 Å². The van der Waals surface area contributed by atoms with Crippen LogP contribution in [0.4, 0.5) is 0 Å². The third kappa shape index (κ3) is 93.7. The molecule has 18 heteroatoms. The van der Waals surface area contributed by atoms with E-state index < -0.39 is 91.5 Å². The van der Waals surface area contributed by atoms with Crippen molar-refractivity contribution in [2.45, 2.75) is 424 Å². The third-order valence-corrected chi connectivity index (χ3v) is 22.1. The van der Waals surface area contributed by atoms with Crippen LogP contribution >= 0.6 is 15.6 Å². The molecular formula is C101H174O16P2. The Morgan fingerprint density at radius 2 is 0.445 bits per heavy atom. The zero-order valence-corrected chi connectivity index (χ0v) is 77.3. The number of phosphoric acid groups is 2. The van der Waals surface area contributed by atoms with Crippen LogP contribution in [0.5, 0.6) is 0 Å². The summed E-state index contributed by atoms with van der Waals surface area (Å²) in [5.74, 6) is -1.57. The second kappa shape index (κ2) is 92.4. The zero-order valence-electron chi connectivity index (χ0n) is 75.5. The molecule has 0 aliphatic rings. The molecule has 0 aromatic rings. The molecule has 684 valence electrons. The van der Waals surface area contributed by atoms with E-state index in [2.05, 4.69) is 179 Å². The molecule has 5 atom stereocenters. The maximum Gasteiger partial charge on any atom is 0.472 e. The smallest absolute Gasteiger partial charge is 0.463 e. The number of rotatable bonds is 90. The average Bonchev–Trinajstić information content (AvgIpc) is 0.903. The second-order valence-corrected chi connectivity index (χ2v) is 34.7. The van der Waals surface area contributed by atoms with Gasteiger partial charge in [-0.1, -0.05) is 391 Å². The van der Waals surface area contributed by atoms with Crippen molar-refractivity contribution >= 4 is 33.6 Å². The summed E-state index contributed by atoms with van der Waals surface area (Å²) in [7, 11) is -9.82. The minimum absolute atomic E-state index is 0.0967. The van der Waals surface area contributed by atoms with Crippen molar-refractivity contribution in [2.24, 2.45) is 0 Å². The summed E-state index contributed by atoms with van der Waals surface area (Å²) >= 11 is 0. The first-order valence-corrected chi connectivity index (χ1v) is 50.8. The summed E-state index contributed by atoms with van der Waals surface area (Å²) in [5.41, 5.74) is 0. The highest BCUT2D eigenvalue weighted by atomic mass is 31.2. The van der Waals surface area contributed by atoms with E-state index in [1.165, 1.54) is 186 Å². The van der Waals surface area contributed by atoms with E-state index in [1.54, 1.807) is 0 Å². The molecule has 0 aliphatic heterocycles. The van der Waals surface area contributed by atoms with Gasteiger partial charge in [0.05, 0.1) is 26.4 Å². The molecular weight excluding hydrogens is 1530 g/mol. The molecule has 0 rings (SSSR count). The summed E-state index contributed by atoms with van der Waals surface area (Å²) in [6.45, 7) is 2.57. The van der Waals surface area contributed by atoms with E-state index in [9.17, 15) is 43.5 Å². The number of ether oxygens (including phenoxy) is 3. The van der Waals surface area contributed by atoms with Crippen molar-refractivity contribution in [3.8, 4) is 0 Å². The minimum Gasteiger partial charge on any atom is -0.463 e. The Labute approximate surface area is 727 Å². The molecule has 0 bridgehead atoms. The molecule has 0 fully saturated rings. The van der Waals surface area contributed by atoms with Gasteiger partial charge in [-0.05, 0) is 154 Å². The van der Waals surface area contributed by atoms with Crippen molar-refractivity contribution in [1.82, 2.24) is 0 Å². The van der Waals surface area contributed by atoms with Gasteiger partial charge in [0.1, 0.15) is 25.4 Å². The van der Waals surface area contributed by atoms with Gasteiger partial charge in [-0.15, -0.1) is 0 Å². The fourth-order valence-corrected chi connectivity index (χ4v) is 14.6. The van der Waals surface area contributed by atoms with Crippen molar-refractivity contribution in [3.05, 3.63) is 158 Å². The lowest BCUT2D eigenvalue weighted by molar-refractivity contribution is -0.161. The van der Waals surface area contributed by atoms with E-state index in [1.807, 2.05) is 0 Å². The standard InChI is InChI=1S/C101H174O16P2/c1-4-7-10-13-16-19-22-25-28-31-34-37-40-43-46-47-50-52-54-57-60-63-66-69-72-75-78-81-84-87-99(104)111-90-96(102)91-113-118(107,108)114-92-97(103)93-115-119(109,110)116-95-98(117-101(106)89-86-83-80-77-74-71-68-65-62-59-56-53-49-45-42-39-36-33-30-27-24-21-18-15-12-9-6-3)94-112-100(105)88-85-82-79-76-73-70-67-64-61-58-55-51-48-44-41-38-35-32-29-26-23-20-17-14-11-8-5-2/h8,11,16-21,25-30,34-39,43-46,48-49,96-98,102-103H,4-7,9-10,12-15,22-24,31-33,40-42,47,50-95H2,1-3H3,(H,107,108)(H,109,110)/b11-8-,19-16-,20-17-,21-18-,28-25-,29-26-,30-27-,37-34-,38-35-,39-36-,46-43-,48-44-,49-45-. The fourth-order valence-electron chi connectivity index (χ4n) is 13.0. The van der Waals surface area contributed by atoms with Crippen LogP contribution in [0.15, 0.2) is 158 Å². The fraction of sp³-hybridized carbons (Fsp3) is 0.713. The molecule has 0 heterocycles. The molecule has 0 aromatic heterocycles. The Morgan fingerprint density at radius 1 is 0.244 bits per heavy atom. The lowest BCUT2D eigenvalue weighted by Crippen LogP contribution is -2.30. The normalized spacial score (nSPS) is 14.4. The highest BCUT2D eigenvalue weighted by Crippen LogP contribution is 2.45. The summed E-state index contributed by atoms with van der Waals surface area (Å²) < 4.78 is 61.6. The predicted molar refractivity (Wildman–Crippen MR) is 500 cm³/mol. The van der Waals surface area contributed by atoms with Gasteiger partial charge in [-0.25, -0.2) is 9.13 Å². The second-order valence-electron chi connectivity index (χ2n) is 31.8. The summed E-state index contributed by atoms with van der Waals surface area (Å²) in [5, 5.41) is 20.8. The predicted octanol–water partition coefficient (Wildman–Crippen LogP) is 29.7. The first-order valence-electron chi connectivity index (χ1n) is 47.8. The van der Waals surface area contributed by atoms with E-state index in [-0.39, 0.29) is 19.3 Å². The summed E-state index contributed by atoms with van der Waals surface area (Å²) in [6.07, 6.45) is 118. The van der Waals surface area contributed by atoms with Crippen molar-refractivity contribution < 1.29 is 75.8 Å². The van der Waals surface area contributed by atoms with E-state index in [4.69, 9.17) is 32.3 Å². The van der Waals surface area contributed by atoms with Crippen LogP contribution in [0.3, 0.4) is 0 Å². The molecule has 0 saturated carbocycles. The number of hydrogen-bond acceptors (Lipinski definition) is 14.